The maximum Gasteiger partial charge on any atom is 0.343 e. The molecule has 0 saturated heterocycles. The number of esters is 1. The third-order valence-corrected chi connectivity index (χ3v) is 6.86. The third kappa shape index (κ3) is 8.46. The summed E-state index contributed by atoms with van der Waals surface area (Å²) in [7, 11) is 0. The van der Waals surface area contributed by atoms with Gasteiger partial charge in [0.05, 0.1) is 17.2 Å². The van der Waals surface area contributed by atoms with Crippen molar-refractivity contribution < 1.29 is 19.1 Å². The second-order valence-corrected chi connectivity index (χ2v) is 9.83. The molecule has 5 heteroatoms. The maximum absolute atomic E-state index is 12.6. The number of ketones is 1. The molecule has 196 valence electrons. The Balaban J connectivity index is 1.53. The minimum absolute atomic E-state index is 0.0154. The van der Waals surface area contributed by atoms with Gasteiger partial charge in [0.2, 0.25) is 0 Å². The Bertz CT molecular complexity index is 1150. The molecule has 0 bridgehead atoms. The smallest absolute Gasteiger partial charge is 0.343 e. The lowest BCUT2D eigenvalue weighted by Gasteiger charge is -2.11. The first kappa shape index (κ1) is 28.5. The Morgan fingerprint density at radius 1 is 0.784 bits per heavy atom. The number of benzene rings is 3. The second kappa shape index (κ2) is 14.6. The molecule has 0 amide bonds. The average molecular weight is 521 g/mol. The van der Waals surface area contributed by atoms with Gasteiger partial charge < -0.3 is 9.47 Å². The lowest BCUT2D eigenvalue weighted by atomic mass is 9.97. The third-order valence-electron chi connectivity index (χ3n) is 6.55. The van der Waals surface area contributed by atoms with Gasteiger partial charge in [-0.05, 0) is 60.4 Å². The molecule has 0 aromatic heterocycles. The summed E-state index contributed by atoms with van der Waals surface area (Å²) in [6.07, 6.45) is 8.19. The van der Waals surface area contributed by atoms with Gasteiger partial charge in [0.25, 0.3) is 0 Å². The zero-order valence-electron chi connectivity index (χ0n) is 22.1. The molecule has 0 aliphatic heterocycles. The summed E-state index contributed by atoms with van der Waals surface area (Å²) in [6, 6.07) is 20.0. The fourth-order valence-electron chi connectivity index (χ4n) is 3.99. The van der Waals surface area contributed by atoms with Gasteiger partial charge in [0.1, 0.15) is 11.5 Å². The first-order valence-corrected chi connectivity index (χ1v) is 13.7. The number of hydrogen-bond acceptors (Lipinski definition) is 4. The normalized spacial score (nSPS) is 11.7. The minimum Gasteiger partial charge on any atom is -0.494 e. The van der Waals surface area contributed by atoms with E-state index < -0.39 is 5.97 Å². The van der Waals surface area contributed by atoms with Crippen molar-refractivity contribution in [2.24, 2.45) is 5.92 Å². The van der Waals surface area contributed by atoms with Crippen LogP contribution in [0.4, 0.5) is 0 Å². The van der Waals surface area contributed by atoms with Crippen molar-refractivity contribution in [1.29, 1.82) is 0 Å². The highest BCUT2D eigenvalue weighted by molar-refractivity contribution is 6.34. The monoisotopic (exact) mass is 520 g/mol. The molecule has 0 heterocycles. The van der Waals surface area contributed by atoms with Gasteiger partial charge in [-0.3, -0.25) is 4.79 Å². The zero-order chi connectivity index (χ0) is 26.6. The molecule has 0 radical (unpaired) electrons. The SMILES string of the molecule is CCCCCCCCOc1ccc(-c2ccc(C(=O)Oc3ccc(C(=O)C(C)CC)c(Cl)c3)cc2)cc1. The van der Waals surface area contributed by atoms with Crippen LogP contribution in [-0.4, -0.2) is 18.4 Å². The number of ether oxygens (including phenoxy) is 2. The van der Waals surface area contributed by atoms with Crippen LogP contribution in [0.3, 0.4) is 0 Å². The van der Waals surface area contributed by atoms with E-state index in [0.29, 0.717) is 16.9 Å². The molecule has 0 saturated carbocycles. The van der Waals surface area contributed by atoms with Crippen LogP contribution in [0.5, 0.6) is 11.5 Å². The first-order valence-electron chi connectivity index (χ1n) is 13.3. The molecule has 0 fully saturated rings. The Kier molecular flexibility index (Phi) is 11.2. The molecule has 0 aliphatic carbocycles. The van der Waals surface area contributed by atoms with Gasteiger partial charge in [-0.1, -0.05) is 88.7 Å². The number of hydrogen-bond donors (Lipinski definition) is 0. The molecule has 4 nitrogen and oxygen atoms in total. The topological polar surface area (TPSA) is 52.6 Å². The Labute approximate surface area is 226 Å². The van der Waals surface area contributed by atoms with Crippen molar-refractivity contribution >= 4 is 23.4 Å². The molecular formula is C32H37ClO4. The first-order chi connectivity index (χ1) is 17.9. The average Bonchev–Trinajstić information content (AvgIpc) is 2.92. The maximum atomic E-state index is 12.6. The fraction of sp³-hybridized carbons (Fsp3) is 0.375. The van der Waals surface area contributed by atoms with Crippen molar-refractivity contribution in [2.75, 3.05) is 6.61 Å². The van der Waals surface area contributed by atoms with E-state index in [-0.39, 0.29) is 16.7 Å². The van der Waals surface area contributed by atoms with E-state index in [1.54, 1.807) is 24.3 Å². The van der Waals surface area contributed by atoms with Crippen LogP contribution in [0.1, 0.15) is 86.4 Å². The van der Waals surface area contributed by atoms with Crippen molar-refractivity contribution in [2.45, 2.75) is 65.7 Å². The number of carbonyl (C=O) groups excluding carboxylic acids is 2. The van der Waals surface area contributed by atoms with Crippen molar-refractivity contribution in [3.05, 3.63) is 82.9 Å². The van der Waals surface area contributed by atoms with Crippen LogP contribution in [0.2, 0.25) is 5.02 Å². The van der Waals surface area contributed by atoms with Crippen molar-refractivity contribution in [1.82, 2.24) is 0 Å². The summed E-state index contributed by atoms with van der Waals surface area (Å²) in [5, 5.41) is 0.283. The zero-order valence-corrected chi connectivity index (χ0v) is 22.9. The van der Waals surface area contributed by atoms with Crippen LogP contribution < -0.4 is 9.47 Å². The summed E-state index contributed by atoms with van der Waals surface area (Å²) < 4.78 is 11.4. The molecule has 3 rings (SSSR count). The van der Waals surface area contributed by atoms with E-state index in [0.717, 1.165) is 36.3 Å². The Hall–Kier alpha value is -3.11. The second-order valence-electron chi connectivity index (χ2n) is 9.42. The fourth-order valence-corrected chi connectivity index (χ4v) is 4.25. The summed E-state index contributed by atoms with van der Waals surface area (Å²) in [6.45, 7) is 6.80. The van der Waals surface area contributed by atoms with E-state index in [2.05, 4.69) is 6.92 Å². The standard InChI is InChI=1S/C32H37ClO4/c1-4-6-7-8-9-10-21-36-27-17-15-25(16-18-27)24-11-13-26(14-12-24)32(35)37-28-19-20-29(30(33)22-28)31(34)23(3)5-2/h11-20,22-23H,4-10,21H2,1-3H3. The van der Waals surface area contributed by atoms with Crippen molar-refractivity contribution in [3.8, 4) is 22.6 Å². The molecule has 0 N–H and O–H groups in total. The van der Waals surface area contributed by atoms with E-state index in [1.807, 2.05) is 50.2 Å². The van der Waals surface area contributed by atoms with Crippen molar-refractivity contribution in [3.63, 3.8) is 0 Å². The van der Waals surface area contributed by atoms with Crippen LogP contribution in [0, 0.1) is 5.92 Å². The highest BCUT2D eigenvalue weighted by atomic mass is 35.5. The van der Waals surface area contributed by atoms with Gasteiger partial charge in [0, 0.05) is 17.5 Å². The molecule has 37 heavy (non-hydrogen) atoms. The van der Waals surface area contributed by atoms with Crippen LogP contribution >= 0.6 is 11.6 Å². The quantitative estimate of drug-likeness (QED) is 0.0919. The minimum atomic E-state index is -0.484. The summed E-state index contributed by atoms with van der Waals surface area (Å²) >= 11 is 6.29. The van der Waals surface area contributed by atoms with E-state index >= 15 is 0 Å². The van der Waals surface area contributed by atoms with E-state index in [1.165, 1.54) is 38.2 Å². The van der Waals surface area contributed by atoms with Gasteiger partial charge in [0.15, 0.2) is 5.78 Å². The Morgan fingerprint density at radius 2 is 1.38 bits per heavy atom. The van der Waals surface area contributed by atoms with Crippen LogP contribution in [0.15, 0.2) is 66.7 Å². The van der Waals surface area contributed by atoms with Gasteiger partial charge in [-0.15, -0.1) is 0 Å². The van der Waals surface area contributed by atoms with Gasteiger partial charge >= 0.3 is 5.97 Å². The summed E-state index contributed by atoms with van der Waals surface area (Å²) in [4.78, 5) is 25.1. The van der Waals surface area contributed by atoms with Crippen LogP contribution in [0.25, 0.3) is 11.1 Å². The number of halogens is 1. The largest absolute Gasteiger partial charge is 0.494 e. The molecular weight excluding hydrogens is 484 g/mol. The number of Topliss-reactive ketones (excluding diaryl/α,β-unsaturated/α-hetero) is 1. The molecule has 3 aromatic rings. The molecule has 0 aliphatic rings. The summed E-state index contributed by atoms with van der Waals surface area (Å²) in [5.41, 5.74) is 2.91. The summed E-state index contributed by atoms with van der Waals surface area (Å²) in [5.74, 6) is 0.558. The van der Waals surface area contributed by atoms with E-state index in [4.69, 9.17) is 21.1 Å². The molecule has 1 atom stereocenters. The lowest BCUT2D eigenvalue weighted by molar-refractivity contribution is 0.0734. The van der Waals surface area contributed by atoms with Gasteiger partial charge in [-0.25, -0.2) is 4.79 Å². The van der Waals surface area contributed by atoms with Crippen LogP contribution in [-0.2, 0) is 0 Å². The van der Waals surface area contributed by atoms with Gasteiger partial charge in [-0.2, -0.15) is 0 Å². The predicted molar refractivity (Wildman–Crippen MR) is 151 cm³/mol. The molecule has 3 aromatic carbocycles. The predicted octanol–water partition coefficient (Wildman–Crippen LogP) is 9.19. The highest BCUT2D eigenvalue weighted by Gasteiger charge is 2.18. The molecule has 1 unspecified atom stereocenters. The highest BCUT2D eigenvalue weighted by Crippen LogP contribution is 2.27. The lowest BCUT2D eigenvalue weighted by Crippen LogP contribution is -2.12. The number of rotatable bonds is 14. The Morgan fingerprint density at radius 3 is 2.00 bits per heavy atom. The molecule has 0 spiro atoms. The number of unbranched alkanes of at least 4 members (excludes halogenated alkanes) is 5. The van der Waals surface area contributed by atoms with E-state index in [9.17, 15) is 9.59 Å². The number of carbonyl (C=O) groups is 2.